The maximum atomic E-state index is 13.0. The van der Waals surface area contributed by atoms with Gasteiger partial charge in [-0.15, -0.1) is 0 Å². The number of amides is 1. The molecule has 0 spiro atoms. The van der Waals surface area contributed by atoms with Gasteiger partial charge in [-0.1, -0.05) is 70.5 Å². The smallest absolute Gasteiger partial charge is 0.276 e. The Hall–Kier alpha value is -3.70. The van der Waals surface area contributed by atoms with Gasteiger partial charge in [0.2, 0.25) is 0 Å². The van der Waals surface area contributed by atoms with E-state index >= 15 is 0 Å². The van der Waals surface area contributed by atoms with Gasteiger partial charge in [-0.25, -0.2) is 4.68 Å². The summed E-state index contributed by atoms with van der Waals surface area (Å²) in [6.45, 7) is 2.05. The van der Waals surface area contributed by atoms with Gasteiger partial charge in [0, 0.05) is 15.7 Å². The third kappa shape index (κ3) is 4.07. The molecule has 0 radical (unpaired) electrons. The van der Waals surface area contributed by atoms with E-state index in [0.717, 1.165) is 32.4 Å². The van der Waals surface area contributed by atoms with E-state index in [1.54, 1.807) is 0 Å². The number of carbonyl (C=O) groups excluding carboxylic acids is 1. The maximum Gasteiger partial charge on any atom is 0.276 e. The van der Waals surface area contributed by atoms with Crippen LogP contribution in [0.15, 0.2) is 102 Å². The van der Waals surface area contributed by atoms with Crippen molar-refractivity contribution in [2.45, 2.75) is 6.92 Å². The van der Waals surface area contributed by atoms with Crippen LogP contribution in [0.2, 0.25) is 0 Å². The first-order valence-electron chi connectivity index (χ1n) is 10.3. The third-order valence-electron chi connectivity index (χ3n) is 5.32. The number of aromatic nitrogens is 2. The molecule has 0 bridgehead atoms. The lowest BCUT2D eigenvalue weighted by Crippen LogP contribution is -2.13. The first-order valence-corrected chi connectivity index (χ1v) is 11.1. The molecule has 0 saturated heterocycles. The monoisotopic (exact) mass is 481 g/mol. The molecule has 5 rings (SSSR count). The van der Waals surface area contributed by atoms with E-state index in [-0.39, 0.29) is 5.91 Å². The van der Waals surface area contributed by atoms with E-state index in [4.69, 9.17) is 0 Å². The average molecular weight is 482 g/mol. The van der Waals surface area contributed by atoms with Crippen molar-refractivity contribution in [2.24, 2.45) is 0 Å². The summed E-state index contributed by atoms with van der Waals surface area (Å²) in [5, 5.41) is 9.94. The summed E-state index contributed by atoms with van der Waals surface area (Å²) in [5.74, 6) is -0.253. The van der Waals surface area contributed by atoms with E-state index in [1.807, 2.05) is 72.3 Å². The van der Waals surface area contributed by atoms with E-state index in [0.29, 0.717) is 11.4 Å². The van der Waals surface area contributed by atoms with Crippen molar-refractivity contribution in [2.75, 3.05) is 5.32 Å². The Kier molecular flexibility index (Phi) is 5.33. The summed E-state index contributed by atoms with van der Waals surface area (Å²) in [6, 6.07) is 32.0. The van der Waals surface area contributed by atoms with Gasteiger partial charge in [-0.05, 0) is 65.7 Å². The Labute approximate surface area is 194 Å². The van der Waals surface area contributed by atoms with Crippen LogP contribution >= 0.6 is 15.9 Å². The minimum atomic E-state index is -0.253. The molecule has 0 saturated carbocycles. The second-order valence-electron chi connectivity index (χ2n) is 7.69. The Morgan fingerprint density at radius 3 is 2.47 bits per heavy atom. The first-order chi connectivity index (χ1) is 15.6. The van der Waals surface area contributed by atoms with Gasteiger partial charge in [0.1, 0.15) is 0 Å². The number of benzene rings is 4. The van der Waals surface area contributed by atoms with Crippen LogP contribution in [-0.2, 0) is 0 Å². The van der Waals surface area contributed by atoms with Crippen LogP contribution in [0, 0.1) is 6.92 Å². The van der Waals surface area contributed by atoms with Crippen LogP contribution in [0.3, 0.4) is 0 Å². The van der Waals surface area contributed by atoms with Crippen molar-refractivity contribution < 1.29 is 4.79 Å². The highest BCUT2D eigenvalue weighted by Crippen LogP contribution is 2.28. The van der Waals surface area contributed by atoms with Crippen LogP contribution in [0.4, 0.5) is 5.69 Å². The first kappa shape index (κ1) is 20.2. The van der Waals surface area contributed by atoms with Crippen LogP contribution in [0.1, 0.15) is 16.1 Å². The molecule has 0 aliphatic heterocycles. The lowest BCUT2D eigenvalue weighted by atomic mass is 10.0. The summed E-state index contributed by atoms with van der Waals surface area (Å²) < 4.78 is 2.74. The number of rotatable bonds is 4. The fraction of sp³-hybridized carbons (Fsp3) is 0.0370. The maximum absolute atomic E-state index is 13.0. The van der Waals surface area contributed by atoms with Crippen molar-refractivity contribution in [1.82, 2.24) is 9.78 Å². The Balaban J connectivity index is 1.61. The van der Waals surface area contributed by atoms with Gasteiger partial charge in [0.25, 0.3) is 5.91 Å². The summed E-state index contributed by atoms with van der Waals surface area (Å²) in [5.41, 5.74) is 4.97. The Bertz CT molecular complexity index is 1450. The molecule has 5 heteroatoms. The minimum Gasteiger partial charge on any atom is -0.321 e. The SMILES string of the molecule is Cc1cccc(-n2nc(C(=O)Nc3cccc(Br)c3)cc2-c2ccc3ccccc3c2)c1. The second-order valence-corrected chi connectivity index (χ2v) is 8.61. The molecule has 1 N–H and O–H groups in total. The third-order valence-corrected chi connectivity index (χ3v) is 5.81. The molecule has 0 fully saturated rings. The molecular formula is C27H20BrN3O. The van der Waals surface area contributed by atoms with E-state index in [1.165, 1.54) is 5.39 Å². The van der Waals surface area contributed by atoms with Crippen molar-refractivity contribution in [3.05, 3.63) is 113 Å². The normalized spacial score (nSPS) is 10.9. The molecule has 0 atom stereocenters. The number of anilines is 1. The Morgan fingerprint density at radius 1 is 0.844 bits per heavy atom. The van der Waals surface area contributed by atoms with Crippen molar-refractivity contribution in [1.29, 1.82) is 0 Å². The van der Waals surface area contributed by atoms with Crippen LogP contribution in [0.5, 0.6) is 0 Å². The largest absolute Gasteiger partial charge is 0.321 e. The van der Waals surface area contributed by atoms with Crippen LogP contribution < -0.4 is 5.32 Å². The standard InChI is InChI=1S/C27H20BrN3O/c1-18-6-4-11-24(14-18)31-26(21-13-12-19-7-2-3-8-20(19)15-21)17-25(30-31)27(32)29-23-10-5-9-22(28)16-23/h2-17H,1H3,(H,29,32). The number of nitrogens with one attached hydrogen (secondary N) is 1. The van der Waals surface area contributed by atoms with Crippen molar-refractivity contribution in [3.8, 4) is 16.9 Å². The summed E-state index contributed by atoms with van der Waals surface area (Å²) in [4.78, 5) is 13.0. The summed E-state index contributed by atoms with van der Waals surface area (Å²) in [7, 11) is 0. The lowest BCUT2D eigenvalue weighted by molar-refractivity contribution is 0.102. The topological polar surface area (TPSA) is 46.9 Å². The summed E-state index contributed by atoms with van der Waals surface area (Å²) in [6.07, 6.45) is 0. The molecule has 4 aromatic carbocycles. The number of halogens is 1. The van der Waals surface area contributed by atoms with Crippen LogP contribution in [0.25, 0.3) is 27.7 Å². The van der Waals surface area contributed by atoms with Gasteiger partial charge in [0.05, 0.1) is 11.4 Å². The molecule has 5 aromatic rings. The number of nitrogens with zero attached hydrogens (tertiary/aromatic N) is 2. The average Bonchev–Trinajstić information content (AvgIpc) is 3.25. The highest BCUT2D eigenvalue weighted by Gasteiger charge is 2.17. The zero-order valence-corrected chi connectivity index (χ0v) is 19.0. The van der Waals surface area contributed by atoms with Gasteiger partial charge < -0.3 is 5.32 Å². The zero-order valence-electron chi connectivity index (χ0n) is 17.4. The predicted octanol–water partition coefficient (Wildman–Crippen LogP) is 7.02. The minimum absolute atomic E-state index is 0.253. The van der Waals surface area contributed by atoms with Crippen molar-refractivity contribution >= 4 is 38.3 Å². The molecule has 1 aromatic heterocycles. The quantitative estimate of drug-likeness (QED) is 0.299. The molecule has 156 valence electrons. The van der Waals surface area contributed by atoms with Crippen LogP contribution in [-0.4, -0.2) is 15.7 Å². The summed E-state index contributed by atoms with van der Waals surface area (Å²) >= 11 is 3.44. The fourth-order valence-electron chi connectivity index (χ4n) is 3.76. The highest BCUT2D eigenvalue weighted by atomic mass is 79.9. The zero-order chi connectivity index (χ0) is 22.1. The van der Waals surface area contributed by atoms with E-state index < -0.39 is 0 Å². The number of aryl methyl sites for hydroxylation is 1. The molecule has 0 aliphatic carbocycles. The Morgan fingerprint density at radius 2 is 1.66 bits per heavy atom. The van der Waals surface area contributed by atoms with Crippen molar-refractivity contribution in [3.63, 3.8) is 0 Å². The number of carbonyl (C=O) groups is 1. The van der Waals surface area contributed by atoms with Gasteiger partial charge in [0.15, 0.2) is 5.69 Å². The molecular weight excluding hydrogens is 462 g/mol. The highest BCUT2D eigenvalue weighted by molar-refractivity contribution is 9.10. The molecule has 0 unspecified atom stereocenters. The number of hydrogen-bond acceptors (Lipinski definition) is 2. The molecule has 4 nitrogen and oxygen atoms in total. The van der Waals surface area contributed by atoms with E-state index in [9.17, 15) is 4.79 Å². The second kappa shape index (κ2) is 8.44. The molecule has 1 heterocycles. The van der Waals surface area contributed by atoms with Gasteiger partial charge in [-0.2, -0.15) is 5.10 Å². The molecule has 32 heavy (non-hydrogen) atoms. The lowest BCUT2D eigenvalue weighted by Gasteiger charge is -2.09. The molecule has 0 aliphatic rings. The number of fused-ring (bicyclic) bond motifs is 1. The fourth-order valence-corrected chi connectivity index (χ4v) is 4.16. The number of hydrogen-bond donors (Lipinski definition) is 1. The van der Waals surface area contributed by atoms with E-state index in [2.05, 4.69) is 62.7 Å². The predicted molar refractivity (Wildman–Crippen MR) is 133 cm³/mol. The van der Waals surface area contributed by atoms with Gasteiger partial charge in [-0.3, -0.25) is 4.79 Å². The van der Waals surface area contributed by atoms with Gasteiger partial charge >= 0.3 is 0 Å². The molecule has 1 amide bonds.